The van der Waals surface area contributed by atoms with Crippen LogP contribution >= 0.6 is 0 Å². The molecular weight excluding hydrogens is 570 g/mol. The number of aliphatic hydroxyl groups excluding tert-OH is 1. The molecule has 45 heavy (non-hydrogen) atoms. The van der Waals surface area contributed by atoms with Gasteiger partial charge < -0.3 is 25.2 Å². The van der Waals surface area contributed by atoms with E-state index in [1.54, 1.807) is 0 Å². The fourth-order valence-corrected chi connectivity index (χ4v) is 10.0. The number of amides is 2. The van der Waals surface area contributed by atoms with Crippen LogP contribution in [0.5, 0.6) is 0 Å². The van der Waals surface area contributed by atoms with Gasteiger partial charge in [0.1, 0.15) is 12.8 Å². The van der Waals surface area contributed by atoms with Crippen molar-refractivity contribution in [3.8, 4) is 12.3 Å². The molecule has 4 aliphatic carbocycles. The smallest absolute Gasteiger partial charge is 0.408 e. The Balaban J connectivity index is 1.22. The zero-order chi connectivity index (χ0) is 32.5. The van der Waals surface area contributed by atoms with Gasteiger partial charge in [0, 0.05) is 11.3 Å². The predicted octanol–water partition coefficient (Wildman–Crippen LogP) is 6.50. The van der Waals surface area contributed by atoms with Crippen molar-refractivity contribution in [3.05, 3.63) is 22.6 Å². The van der Waals surface area contributed by atoms with Gasteiger partial charge in [-0.05, 0) is 129 Å². The van der Waals surface area contributed by atoms with Gasteiger partial charge in [0.15, 0.2) is 0 Å². The van der Waals surface area contributed by atoms with Crippen molar-refractivity contribution in [2.24, 2.45) is 51.5 Å². The molecule has 0 saturated heterocycles. The molecule has 10 atom stereocenters. The molecule has 0 bridgehead atoms. The normalized spacial score (nSPS) is 35.1. The van der Waals surface area contributed by atoms with E-state index in [0.717, 1.165) is 43.4 Å². The Morgan fingerprint density at radius 1 is 1.09 bits per heavy atom. The number of rotatable bonds is 14. The minimum absolute atomic E-state index is 0.0313. The number of azide groups is 1. The molecule has 10 unspecified atom stereocenters. The maximum atomic E-state index is 12.6. The molecule has 250 valence electrons. The second-order valence-electron chi connectivity index (χ2n) is 14.6. The summed E-state index contributed by atoms with van der Waals surface area (Å²) in [5.41, 5.74) is 9.50. The summed E-state index contributed by atoms with van der Waals surface area (Å²) in [5.74, 6) is 6.52. The largest absolute Gasteiger partial charge is 0.447 e. The number of ether oxygens (including phenoxy) is 2. The highest BCUT2D eigenvalue weighted by Crippen LogP contribution is 2.68. The van der Waals surface area contributed by atoms with Gasteiger partial charge >= 0.3 is 6.09 Å². The topological polar surface area (TPSA) is 146 Å². The van der Waals surface area contributed by atoms with Gasteiger partial charge in [-0.1, -0.05) is 32.0 Å². The van der Waals surface area contributed by atoms with Crippen LogP contribution in [-0.2, 0) is 14.3 Å². The van der Waals surface area contributed by atoms with Crippen molar-refractivity contribution >= 4 is 12.0 Å². The third kappa shape index (κ3) is 8.55. The molecule has 0 aromatic rings. The third-order valence-corrected chi connectivity index (χ3v) is 12.2. The standard InChI is InChI=1S/C35H55N5O5/c1-5-6-19-44-20-21-45-33(43)39-31(23-37-40-36)38-32(42)10-8-7-9-24(2)28-13-14-29-27-12-11-25-22-26(41)15-17-34(25,3)30(27)16-18-35(28,29)4/h1,8,10,24-31,41H,6-7,9,11-23H2,2-4H3,(H,38,42)(H,39,43)/b10-8+. The first-order valence-corrected chi connectivity index (χ1v) is 17.2. The second-order valence-corrected chi connectivity index (χ2v) is 14.6. The average molecular weight is 626 g/mol. The van der Waals surface area contributed by atoms with Crippen molar-refractivity contribution in [3.63, 3.8) is 0 Å². The van der Waals surface area contributed by atoms with E-state index < -0.39 is 12.3 Å². The van der Waals surface area contributed by atoms with Gasteiger partial charge in [-0.3, -0.25) is 4.79 Å². The highest BCUT2D eigenvalue weighted by atomic mass is 16.6. The van der Waals surface area contributed by atoms with E-state index in [9.17, 15) is 14.7 Å². The Hall–Kier alpha value is -2.73. The molecule has 0 aromatic carbocycles. The molecule has 0 spiro atoms. The number of alkyl carbamates (subject to hydrolysis) is 1. The Labute approximate surface area is 269 Å². The Kier molecular flexibility index (Phi) is 12.6. The number of hydrogen-bond acceptors (Lipinski definition) is 6. The maximum Gasteiger partial charge on any atom is 0.408 e. The summed E-state index contributed by atoms with van der Waals surface area (Å²) in [6, 6.07) is 0. The zero-order valence-corrected chi connectivity index (χ0v) is 27.6. The number of fused-ring (bicyclic) bond motifs is 5. The first-order chi connectivity index (χ1) is 21.6. The Morgan fingerprint density at radius 3 is 2.64 bits per heavy atom. The first kappa shape index (κ1) is 35.1. The number of nitrogens with one attached hydrogen (secondary N) is 2. The minimum atomic E-state index is -0.895. The maximum absolute atomic E-state index is 12.6. The number of carbonyl (C=O) groups is 2. The van der Waals surface area contributed by atoms with Gasteiger partial charge in [-0.25, -0.2) is 4.79 Å². The number of aliphatic hydroxyl groups is 1. The van der Waals surface area contributed by atoms with Crippen molar-refractivity contribution in [1.29, 1.82) is 0 Å². The van der Waals surface area contributed by atoms with Crippen molar-refractivity contribution < 1.29 is 24.2 Å². The number of terminal acetylenes is 1. The van der Waals surface area contributed by atoms with Crippen LogP contribution in [0.2, 0.25) is 0 Å². The van der Waals surface area contributed by atoms with Gasteiger partial charge in [-0.2, -0.15) is 0 Å². The van der Waals surface area contributed by atoms with Gasteiger partial charge in [0.05, 0.1) is 25.9 Å². The van der Waals surface area contributed by atoms with Crippen LogP contribution in [-0.4, -0.2) is 55.7 Å². The lowest BCUT2D eigenvalue weighted by Crippen LogP contribution is -2.54. The summed E-state index contributed by atoms with van der Waals surface area (Å²) in [6.07, 6.45) is 20.2. The number of hydrogen-bond donors (Lipinski definition) is 3. The molecule has 4 fully saturated rings. The molecule has 0 radical (unpaired) electrons. The highest BCUT2D eigenvalue weighted by Gasteiger charge is 2.60. The van der Waals surface area contributed by atoms with Crippen LogP contribution in [0.25, 0.3) is 10.4 Å². The lowest BCUT2D eigenvalue weighted by atomic mass is 9.44. The lowest BCUT2D eigenvalue weighted by molar-refractivity contribution is -0.129. The molecule has 0 heterocycles. The third-order valence-electron chi connectivity index (χ3n) is 12.2. The van der Waals surface area contributed by atoms with Gasteiger partial charge in [0.2, 0.25) is 5.91 Å². The number of nitrogens with zero attached hydrogens (tertiary/aromatic N) is 3. The summed E-state index contributed by atoms with van der Waals surface area (Å²) >= 11 is 0. The molecular formula is C35H55N5O5. The molecule has 4 rings (SSSR count). The fraction of sp³-hybridized carbons (Fsp3) is 0.829. The molecule has 10 heteroatoms. The zero-order valence-electron chi connectivity index (χ0n) is 27.6. The van der Waals surface area contributed by atoms with E-state index in [0.29, 0.717) is 41.6 Å². The van der Waals surface area contributed by atoms with Gasteiger partial charge in [0.25, 0.3) is 0 Å². The van der Waals surface area contributed by atoms with Crippen molar-refractivity contribution in [2.75, 3.05) is 26.4 Å². The first-order valence-electron chi connectivity index (χ1n) is 17.2. The van der Waals surface area contributed by atoms with E-state index in [2.05, 4.69) is 47.4 Å². The van der Waals surface area contributed by atoms with E-state index in [1.165, 1.54) is 51.0 Å². The van der Waals surface area contributed by atoms with Gasteiger partial charge in [-0.15, -0.1) is 12.3 Å². The molecule has 0 aromatic heterocycles. The van der Waals surface area contributed by atoms with E-state index in [4.69, 9.17) is 21.4 Å². The molecule has 4 aliphatic rings. The van der Waals surface area contributed by atoms with Crippen LogP contribution in [0.15, 0.2) is 17.3 Å². The number of allylic oxidation sites excluding steroid dienone is 1. The summed E-state index contributed by atoms with van der Waals surface area (Å²) < 4.78 is 10.3. The monoisotopic (exact) mass is 625 g/mol. The van der Waals surface area contributed by atoms with Crippen molar-refractivity contribution in [2.45, 2.75) is 110 Å². The van der Waals surface area contributed by atoms with Crippen LogP contribution in [0.3, 0.4) is 0 Å². The fourth-order valence-electron chi connectivity index (χ4n) is 10.0. The summed E-state index contributed by atoms with van der Waals surface area (Å²) in [6.45, 7) is 8.01. The second kappa shape index (κ2) is 16.2. The molecule has 10 nitrogen and oxygen atoms in total. The predicted molar refractivity (Wildman–Crippen MR) is 173 cm³/mol. The van der Waals surface area contributed by atoms with E-state index in [1.807, 2.05) is 6.08 Å². The van der Waals surface area contributed by atoms with Crippen LogP contribution < -0.4 is 10.6 Å². The minimum Gasteiger partial charge on any atom is -0.447 e. The van der Waals surface area contributed by atoms with Crippen LogP contribution in [0.4, 0.5) is 4.79 Å². The Morgan fingerprint density at radius 2 is 1.87 bits per heavy atom. The van der Waals surface area contributed by atoms with E-state index in [-0.39, 0.29) is 31.8 Å². The lowest BCUT2D eigenvalue weighted by Gasteiger charge is -2.61. The Bertz CT molecular complexity index is 1130. The SMILES string of the molecule is C#CCCOCCOC(=O)NC(CN=[N+]=[N-])NC(=O)/C=C/CCC(C)C1CCC2C3CCC4CC(O)CCC4(C)C3CCC12C. The molecule has 3 N–H and O–H groups in total. The van der Waals surface area contributed by atoms with E-state index >= 15 is 0 Å². The quantitative estimate of drug-likeness (QED) is 0.0384. The molecule has 2 amide bonds. The average Bonchev–Trinajstić information content (AvgIpc) is 3.37. The molecule has 4 saturated carbocycles. The van der Waals surface area contributed by atoms with Crippen molar-refractivity contribution in [1.82, 2.24) is 10.6 Å². The summed E-state index contributed by atoms with van der Waals surface area (Å²) in [4.78, 5) is 27.4. The molecule has 0 aliphatic heterocycles. The van der Waals surface area contributed by atoms with Crippen LogP contribution in [0.1, 0.15) is 97.8 Å². The summed E-state index contributed by atoms with van der Waals surface area (Å²) in [7, 11) is 0. The summed E-state index contributed by atoms with van der Waals surface area (Å²) in [5, 5.41) is 19.0. The van der Waals surface area contributed by atoms with Crippen LogP contribution in [0, 0.1) is 58.7 Å². The highest BCUT2D eigenvalue weighted by molar-refractivity contribution is 5.88. The number of carbonyl (C=O) groups excluding carboxylic acids is 2.